The number of hydrogen-bond donors (Lipinski definition) is 1. The van der Waals surface area contributed by atoms with Crippen LogP contribution in [0.25, 0.3) is 0 Å². The van der Waals surface area contributed by atoms with E-state index in [0.29, 0.717) is 40.4 Å². The molecule has 7 nitrogen and oxygen atoms in total. The molecule has 0 aliphatic carbocycles. The van der Waals surface area contributed by atoms with Crippen molar-refractivity contribution in [3.05, 3.63) is 47.5 Å². The fourth-order valence-electron chi connectivity index (χ4n) is 2.86. The standard InChI is InChI=1S/C18H18N2O5/c1-24-13-3-5-16(12(7-13)9-21)20-10-19(11-22)17-6-4-14(25-2)8-15(17)18(20)23/h3-8,11,21H,9-10H2,1-2H3. The summed E-state index contributed by atoms with van der Waals surface area (Å²) < 4.78 is 10.3. The van der Waals surface area contributed by atoms with Crippen LogP contribution in [0.3, 0.4) is 0 Å². The minimum absolute atomic E-state index is 0.0565. The summed E-state index contributed by atoms with van der Waals surface area (Å²) in [4.78, 5) is 27.4. The third-order valence-electron chi connectivity index (χ3n) is 4.16. The molecule has 2 aromatic carbocycles. The zero-order chi connectivity index (χ0) is 18.0. The number of rotatable bonds is 5. The Bertz CT molecular complexity index is 821. The van der Waals surface area contributed by atoms with Crippen LogP contribution < -0.4 is 19.3 Å². The van der Waals surface area contributed by atoms with E-state index in [4.69, 9.17) is 9.47 Å². The summed E-state index contributed by atoms with van der Waals surface area (Å²) in [5, 5.41) is 9.66. The van der Waals surface area contributed by atoms with E-state index >= 15 is 0 Å². The molecular formula is C18H18N2O5. The molecule has 25 heavy (non-hydrogen) atoms. The largest absolute Gasteiger partial charge is 0.497 e. The zero-order valence-electron chi connectivity index (χ0n) is 13.9. The van der Waals surface area contributed by atoms with Gasteiger partial charge in [-0.1, -0.05) is 0 Å². The predicted octanol–water partition coefficient (Wildman–Crippen LogP) is 1.78. The van der Waals surface area contributed by atoms with Crippen LogP contribution in [-0.4, -0.2) is 38.3 Å². The molecule has 0 aromatic heterocycles. The van der Waals surface area contributed by atoms with E-state index in [2.05, 4.69) is 0 Å². The van der Waals surface area contributed by atoms with Crippen molar-refractivity contribution in [2.75, 3.05) is 30.7 Å². The topological polar surface area (TPSA) is 79.3 Å². The second-order valence-corrected chi connectivity index (χ2v) is 5.49. The maximum Gasteiger partial charge on any atom is 0.262 e. The highest BCUT2D eigenvalue weighted by Gasteiger charge is 2.31. The Balaban J connectivity index is 2.09. The third-order valence-corrected chi connectivity index (χ3v) is 4.16. The van der Waals surface area contributed by atoms with E-state index in [-0.39, 0.29) is 19.2 Å². The SMILES string of the molecule is COc1ccc(N2CN(C=O)c3ccc(OC)cc3C2=O)c(CO)c1. The predicted molar refractivity (Wildman–Crippen MR) is 92.1 cm³/mol. The van der Waals surface area contributed by atoms with E-state index in [1.807, 2.05) is 0 Å². The Morgan fingerprint density at radius 3 is 2.32 bits per heavy atom. The van der Waals surface area contributed by atoms with Gasteiger partial charge in [0.2, 0.25) is 6.41 Å². The van der Waals surface area contributed by atoms with Crippen LogP contribution in [0.1, 0.15) is 15.9 Å². The van der Waals surface area contributed by atoms with E-state index < -0.39 is 0 Å². The molecule has 0 radical (unpaired) electrons. The lowest BCUT2D eigenvalue weighted by Gasteiger charge is -2.35. The molecule has 0 bridgehead atoms. The van der Waals surface area contributed by atoms with Crippen LogP contribution in [0.15, 0.2) is 36.4 Å². The summed E-state index contributed by atoms with van der Waals surface area (Å²) in [6.45, 7) is -0.205. The minimum atomic E-state index is -0.271. The molecule has 7 heteroatoms. The molecule has 1 aliphatic rings. The van der Waals surface area contributed by atoms with Crippen molar-refractivity contribution in [3.63, 3.8) is 0 Å². The van der Waals surface area contributed by atoms with Gasteiger partial charge in [0.1, 0.15) is 18.2 Å². The molecule has 1 heterocycles. The van der Waals surface area contributed by atoms with Crippen molar-refractivity contribution < 1.29 is 24.2 Å². The highest BCUT2D eigenvalue weighted by molar-refractivity contribution is 6.14. The third kappa shape index (κ3) is 2.89. The highest BCUT2D eigenvalue weighted by Crippen LogP contribution is 2.34. The van der Waals surface area contributed by atoms with Gasteiger partial charge in [-0.2, -0.15) is 0 Å². The summed E-state index contributed by atoms with van der Waals surface area (Å²) in [5.41, 5.74) is 1.94. The summed E-state index contributed by atoms with van der Waals surface area (Å²) in [6.07, 6.45) is 0.674. The van der Waals surface area contributed by atoms with E-state index in [1.54, 1.807) is 36.4 Å². The summed E-state index contributed by atoms with van der Waals surface area (Å²) >= 11 is 0. The highest BCUT2D eigenvalue weighted by atomic mass is 16.5. The number of fused-ring (bicyclic) bond motifs is 1. The molecular weight excluding hydrogens is 324 g/mol. The Labute approximate surface area is 145 Å². The van der Waals surface area contributed by atoms with Gasteiger partial charge >= 0.3 is 0 Å². The normalized spacial score (nSPS) is 13.5. The van der Waals surface area contributed by atoms with Gasteiger partial charge in [0.25, 0.3) is 5.91 Å². The monoisotopic (exact) mass is 342 g/mol. The van der Waals surface area contributed by atoms with Crippen LogP contribution in [0.2, 0.25) is 0 Å². The molecule has 1 aliphatic heterocycles. The fourth-order valence-corrected chi connectivity index (χ4v) is 2.86. The maximum atomic E-state index is 13.0. The number of aliphatic hydroxyl groups excluding tert-OH is 1. The number of hydrogen-bond acceptors (Lipinski definition) is 5. The number of carbonyl (C=O) groups is 2. The molecule has 130 valence electrons. The summed E-state index contributed by atoms with van der Waals surface area (Å²) in [6, 6.07) is 10.0. The zero-order valence-corrected chi connectivity index (χ0v) is 13.9. The first-order valence-corrected chi connectivity index (χ1v) is 7.62. The second-order valence-electron chi connectivity index (χ2n) is 5.49. The van der Waals surface area contributed by atoms with Crippen molar-refractivity contribution in [1.82, 2.24) is 0 Å². The molecule has 0 saturated heterocycles. The van der Waals surface area contributed by atoms with Gasteiger partial charge in [0.05, 0.1) is 37.8 Å². The van der Waals surface area contributed by atoms with Gasteiger partial charge in [-0.25, -0.2) is 0 Å². The van der Waals surface area contributed by atoms with Crippen molar-refractivity contribution in [3.8, 4) is 11.5 Å². The Kier molecular flexibility index (Phi) is 4.58. The molecule has 3 rings (SSSR count). The maximum absolute atomic E-state index is 13.0. The average Bonchev–Trinajstić information content (AvgIpc) is 2.67. The van der Waals surface area contributed by atoms with E-state index in [9.17, 15) is 14.7 Å². The van der Waals surface area contributed by atoms with Crippen molar-refractivity contribution in [1.29, 1.82) is 0 Å². The smallest absolute Gasteiger partial charge is 0.262 e. The first-order chi connectivity index (χ1) is 12.1. The van der Waals surface area contributed by atoms with Crippen LogP contribution in [0.4, 0.5) is 11.4 Å². The molecule has 2 aromatic rings. The van der Waals surface area contributed by atoms with Gasteiger partial charge in [-0.05, 0) is 36.4 Å². The van der Waals surface area contributed by atoms with Crippen LogP contribution in [0.5, 0.6) is 11.5 Å². The second kappa shape index (κ2) is 6.82. The van der Waals surface area contributed by atoms with Gasteiger partial charge in [0.15, 0.2) is 0 Å². The number of carbonyl (C=O) groups excluding carboxylic acids is 2. The van der Waals surface area contributed by atoms with E-state index in [1.165, 1.54) is 24.0 Å². The molecule has 0 unspecified atom stereocenters. The van der Waals surface area contributed by atoms with Crippen molar-refractivity contribution in [2.24, 2.45) is 0 Å². The lowest BCUT2D eigenvalue weighted by Crippen LogP contribution is -2.46. The Hall–Kier alpha value is -3.06. The van der Waals surface area contributed by atoms with Crippen molar-refractivity contribution in [2.45, 2.75) is 6.61 Å². The Morgan fingerprint density at radius 1 is 1.08 bits per heavy atom. The first kappa shape index (κ1) is 16.8. The summed E-state index contributed by atoms with van der Waals surface area (Å²) in [5.74, 6) is 0.829. The quantitative estimate of drug-likeness (QED) is 0.838. The fraction of sp³-hybridized carbons (Fsp3) is 0.222. The lowest BCUT2D eigenvalue weighted by molar-refractivity contribution is -0.107. The molecule has 0 spiro atoms. The average molecular weight is 342 g/mol. The number of benzene rings is 2. The number of nitrogens with zero attached hydrogens (tertiary/aromatic N) is 2. The lowest BCUT2D eigenvalue weighted by atomic mass is 10.1. The van der Waals surface area contributed by atoms with Crippen LogP contribution in [-0.2, 0) is 11.4 Å². The van der Waals surface area contributed by atoms with Gasteiger partial charge in [-0.15, -0.1) is 0 Å². The Morgan fingerprint density at radius 2 is 1.72 bits per heavy atom. The molecule has 1 N–H and O–H groups in total. The van der Waals surface area contributed by atoms with Gasteiger partial charge in [0, 0.05) is 5.56 Å². The first-order valence-electron chi connectivity index (χ1n) is 7.62. The number of anilines is 2. The number of ether oxygens (including phenoxy) is 2. The van der Waals surface area contributed by atoms with Crippen LogP contribution in [0, 0.1) is 0 Å². The number of methoxy groups -OCH3 is 2. The van der Waals surface area contributed by atoms with Crippen molar-refractivity contribution >= 4 is 23.7 Å². The number of aliphatic hydroxyl groups is 1. The minimum Gasteiger partial charge on any atom is -0.497 e. The molecule has 0 atom stereocenters. The molecule has 0 fully saturated rings. The number of amides is 2. The van der Waals surface area contributed by atoms with Gasteiger partial charge in [-0.3, -0.25) is 19.4 Å². The van der Waals surface area contributed by atoms with Crippen LogP contribution >= 0.6 is 0 Å². The molecule has 0 saturated carbocycles. The molecule has 2 amide bonds. The summed E-state index contributed by atoms with van der Waals surface area (Å²) in [7, 11) is 3.04. The van der Waals surface area contributed by atoms with E-state index in [0.717, 1.165) is 0 Å². The van der Waals surface area contributed by atoms with Gasteiger partial charge < -0.3 is 14.6 Å².